The molecule has 1 aromatic carbocycles. The molecule has 3 aliphatic carbocycles. The zero-order valence-corrected chi connectivity index (χ0v) is 12.5. The number of ketones is 1. The Morgan fingerprint density at radius 1 is 1.00 bits per heavy atom. The Balaban J connectivity index is 1.82. The van der Waals surface area contributed by atoms with Gasteiger partial charge in [0.05, 0.1) is 5.60 Å². The van der Waals surface area contributed by atoms with Gasteiger partial charge in [0.1, 0.15) is 5.78 Å². The number of Topliss-reactive ketones (excluding diaryl/α,β-unsaturated/α-hetero) is 1. The van der Waals surface area contributed by atoms with Crippen LogP contribution in [0.4, 0.5) is 0 Å². The lowest BCUT2D eigenvalue weighted by Gasteiger charge is -2.56. The van der Waals surface area contributed by atoms with Crippen LogP contribution in [0.25, 0.3) is 0 Å². The van der Waals surface area contributed by atoms with Crippen LogP contribution in [0.2, 0.25) is 0 Å². The standard InChI is InChI=1S/C19H24O2/c20-18-14-9-6-11-16(18)19(21)12-5-4-10-15(19)17(14)13-7-2-1-3-8-13/h1-3,7-8,14-17,21H,4-6,9-12H2/t14-,15+,16-,17+,19-/m0/s1. The number of carbonyl (C=O) groups is 1. The van der Waals surface area contributed by atoms with Gasteiger partial charge in [-0.3, -0.25) is 4.79 Å². The molecule has 0 heterocycles. The molecule has 0 spiro atoms. The Bertz CT molecular complexity index is 538. The van der Waals surface area contributed by atoms with Crippen LogP contribution < -0.4 is 0 Å². The first-order valence-electron chi connectivity index (χ1n) is 8.53. The second-order valence-electron chi connectivity index (χ2n) is 7.27. The summed E-state index contributed by atoms with van der Waals surface area (Å²) in [5.74, 6) is 0.939. The fourth-order valence-corrected chi connectivity index (χ4v) is 5.49. The molecule has 0 saturated heterocycles. The van der Waals surface area contributed by atoms with E-state index in [0.29, 0.717) is 5.78 Å². The zero-order valence-electron chi connectivity index (χ0n) is 12.5. The Kier molecular flexibility index (Phi) is 3.18. The third-order valence-electron chi connectivity index (χ3n) is 6.36. The molecular weight excluding hydrogens is 260 g/mol. The van der Waals surface area contributed by atoms with Gasteiger partial charge >= 0.3 is 0 Å². The highest BCUT2D eigenvalue weighted by atomic mass is 16.3. The average Bonchev–Trinajstić information content (AvgIpc) is 2.50. The molecule has 1 aromatic rings. The molecule has 1 N–H and O–H groups in total. The lowest BCUT2D eigenvalue weighted by molar-refractivity contribution is -0.172. The molecule has 0 aliphatic heterocycles. The fourth-order valence-electron chi connectivity index (χ4n) is 5.49. The number of hydrogen-bond acceptors (Lipinski definition) is 2. The lowest BCUT2D eigenvalue weighted by Crippen LogP contribution is -2.60. The normalized spacial score (nSPS) is 42.4. The van der Waals surface area contributed by atoms with Gasteiger partial charge in [0.2, 0.25) is 0 Å². The average molecular weight is 284 g/mol. The Morgan fingerprint density at radius 3 is 2.62 bits per heavy atom. The first-order valence-corrected chi connectivity index (χ1v) is 8.53. The summed E-state index contributed by atoms with van der Waals surface area (Å²) in [6, 6.07) is 10.5. The highest BCUT2D eigenvalue weighted by Crippen LogP contribution is 2.57. The van der Waals surface area contributed by atoms with Crippen LogP contribution in [0.15, 0.2) is 30.3 Å². The van der Waals surface area contributed by atoms with Crippen LogP contribution in [0.5, 0.6) is 0 Å². The maximum Gasteiger partial charge on any atom is 0.142 e. The molecule has 0 unspecified atom stereocenters. The highest BCUT2D eigenvalue weighted by Gasteiger charge is 2.59. The van der Waals surface area contributed by atoms with E-state index in [-0.39, 0.29) is 23.7 Å². The van der Waals surface area contributed by atoms with E-state index in [1.54, 1.807) is 0 Å². The van der Waals surface area contributed by atoms with Gasteiger partial charge in [-0.15, -0.1) is 0 Å². The summed E-state index contributed by atoms with van der Waals surface area (Å²) in [6.07, 6.45) is 7.19. The van der Waals surface area contributed by atoms with Crippen molar-refractivity contribution >= 4 is 5.78 Å². The minimum absolute atomic E-state index is 0.0819. The smallest absolute Gasteiger partial charge is 0.142 e. The monoisotopic (exact) mass is 284 g/mol. The molecule has 3 aliphatic rings. The van der Waals surface area contributed by atoms with Crippen molar-refractivity contribution in [3.63, 3.8) is 0 Å². The van der Waals surface area contributed by atoms with Crippen molar-refractivity contribution in [1.29, 1.82) is 0 Å². The number of hydrogen-bond donors (Lipinski definition) is 1. The molecule has 0 aromatic heterocycles. The van der Waals surface area contributed by atoms with Gasteiger partial charge in [0.15, 0.2) is 0 Å². The molecule has 2 bridgehead atoms. The second-order valence-corrected chi connectivity index (χ2v) is 7.27. The van der Waals surface area contributed by atoms with Gasteiger partial charge in [-0.05, 0) is 43.1 Å². The predicted molar refractivity (Wildman–Crippen MR) is 81.9 cm³/mol. The van der Waals surface area contributed by atoms with E-state index in [1.165, 1.54) is 12.0 Å². The van der Waals surface area contributed by atoms with Gasteiger partial charge < -0.3 is 5.11 Å². The highest BCUT2D eigenvalue weighted by molar-refractivity contribution is 5.87. The minimum Gasteiger partial charge on any atom is -0.389 e. The summed E-state index contributed by atoms with van der Waals surface area (Å²) in [7, 11) is 0. The number of benzene rings is 1. The Labute approximate surface area is 126 Å². The summed E-state index contributed by atoms with van der Waals surface area (Å²) in [5, 5.41) is 11.4. The van der Waals surface area contributed by atoms with E-state index >= 15 is 0 Å². The van der Waals surface area contributed by atoms with E-state index in [9.17, 15) is 9.90 Å². The molecule has 112 valence electrons. The van der Waals surface area contributed by atoms with E-state index < -0.39 is 5.60 Å². The summed E-state index contributed by atoms with van der Waals surface area (Å²) in [4.78, 5) is 12.9. The van der Waals surface area contributed by atoms with Gasteiger partial charge in [-0.25, -0.2) is 0 Å². The van der Waals surface area contributed by atoms with Gasteiger partial charge in [0.25, 0.3) is 0 Å². The lowest BCUT2D eigenvalue weighted by atomic mass is 9.49. The number of aliphatic hydroxyl groups is 1. The van der Waals surface area contributed by atoms with E-state index in [0.717, 1.165) is 38.5 Å². The van der Waals surface area contributed by atoms with Gasteiger partial charge in [-0.1, -0.05) is 49.6 Å². The van der Waals surface area contributed by atoms with Gasteiger partial charge in [-0.2, -0.15) is 0 Å². The largest absolute Gasteiger partial charge is 0.389 e. The van der Waals surface area contributed by atoms with E-state index in [1.807, 2.05) is 6.07 Å². The van der Waals surface area contributed by atoms with Crippen molar-refractivity contribution in [3.8, 4) is 0 Å². The van der Waals surface area contributed by atoms with Crippen LogP contribution in [0.3, 0.4) is 0 Å². The molecule has 2 nitrogen and oxygen atoms in total. The molecular formula is C19H24O2. The van der Waals surface area contributed by atoms with Crippen LogP contribution in [-0.2, 0) is 4.79 Å². The quantitative estimate of drug-likeness (QED) is 0.854. The molecule has 3 saturated carbocycles. The van der Waals surface area contributed by atoms with Crippen LogP contribution in [0.1, 0.15) is 56.4 Å². The molecule has 0 amide bonds. The summed E-state index contributed by atoms with van der Waals surface area (Å²) in [5.41, 5.74) is 0.536. The molecule has 4 rings (SSSR count). The van der Waals surface area contributed by atoms with Crippen LogP contribution in [-0.4, -0.2) is 16.5 Å². The minimum atomic E-state index is -0.729. The number of fused-ring (bicyclic) bond motifs is 4. The van der Waals surface area contributed by atoms with Crippen molar-refractivity contribution in [3.05, 3.63) is 35.9 Å². The topological polar surface area (TPSA) is 37.3 Å². The molecule has 0 radical (unpaired) electrons. The SMILES string of the molecule is O=C1[C@H]2CCC[C@@H]1[C@]1(O)CCCC[C@@H]1[C@@H]2c1ccccc1. The van der Waals surface area contributed by atoms with Crippen molar-refractivity contribution in [1.82, 2.24) is 0 Å². The van der Waals surface area contributed by atoms with E-state index in [2.05, 4.69) is 24.3 Å². The fraction of sp³-hybridized carbons (Fsp3) is 0.632. The third-order valence-corrected chi connectivity index (χ3v) is 6.36. The van der Waals surface area contributed by atoms with Gasteiger partial charge in [0, 0.05) is 11.8 Å². The first kappa shape index (κ1) is 13.5. The van der Waals surface area contributed by atoms with Crippen LogP contribution >= 0.6 is 0 Å². The summed E-state index contributed by atoms with van der Waals surface area (Å²) in [6.45, 7) is 0. The van der Waals surface area contributed by atoms with Crippen molar-refractivity contribution in [2.45, 2.75) is 56.5 Å². The molecule has 5 atom stereocenters. The van der Waals surface area contributed by atoms with Crippen LogP contribution in [0, 0.1) is 17.8 Å². The Morgan fingerprint density at radius 2 is 1.81 bits per heavy atom. The zero-order chi connectivity index (χ0) is 14.4. The third kappa shape index (κ3) is 1.92. The Hall–Kier alpha value is -1.15. The molecule has 3 fully saturated rings. The van der Waals surface area contributed by atoms with E-state index in [4.69, 9.17) is 0 Å². The predicted octanol–water partition coefficient (Wildman–Crippen LogP) is 3.69. The summed E-state index contributed by atoms with van der Waals surface area (Å²) < 4.78 is 0. The molecule has 2 heteroatoms. The molecule has 21 heavy (non-hydrogen) atoms. The van der Waals surface area contributed by atoms with Crippen molar-refractivity contribution < 1.29 is 9.90 Å². The first-order chi connectivity index (χ1) is 10.2. The number of carbonyl (C=O) groups excluding carboxylic acids is 1. The van der Waals surface area contributed by atoms with Crippen molar-refractivity contribution in [2.75, 3.05) is 0 Å². The maximum atomic E-state index is 12.9. The van der Waals surface area contributed by atoms with Crippen molar-refractivity contribution in [2.24, 2.45) is 17.8 Å². The summed E-state index contributed by atoms with van der Waals surface area (Å²) >= 11 is 0. The maximum absolute atomic E-state index is 12.9. The number of rotatable bonds is 1. The second kappa shape index (κ2) is 4.95.